The average molecular weight is 449 g/mol. The number of rotatable bonds is 5. The van der Waals surface area contributed by atoms with E-state index in [1.807, 2.05) is 19.9 Å². The van der Waals surface area contributed by atoms with E-state index in [4.69, 9.17) is 33.3 Å². The summed E-state index contributed by atoms with van der Waals surface area (Å²) in [6, 6.07) is 7.15. The number of hydrogen-bond donors (Lipinski definition) is 3. The monoisotopic (exact) mass is 448 g/mol. The first kappa shape index (κ1) is 22.2. The van der Waals surface area contributed by atoms with E-state index < -0.39 is 0 Å². The van der Waals surface area contributed by atoms with Gasteiger partial charge in [-0.2, -0.15) is 0 Å². The van der Waals surface area contributed by atoms with Crippen LogP contribution in [-0.4, -0.2) is 47.4 Å². The van der Waals surface area contributed by atoms with E-state index >= 15 is 0 Å². The molecule has 2 heterocycles. The Kier molecular flexibility index (Phi) is 7.78. The van der Waals surface area contributed by atoms with Crippen molar-refractivity contribution in [2.75, 3.05) is 30.9 Å². The highest BCUT2D eigenvalue weighted by Gasteiger charge is 2.16. The van der Waals surface area contributed by atoms with E-state index in [1.165, 1.54) is 0 Å². The maximum atomic E-state index is 6.10. The zero-order chi connectivity index (χ0) is 21.5. The number of methoxy groups -OCH3 is 1. The fraction of sp³-hybridized carbons (Fsp3) is 0.400. The van der Waals surface area contributed by atoms with Gasteiger partial charge in [-0.05, 0) is 63.2 Å². The van der Waals surface area contributed by atoms with Crippen molar-refractivity contribution in [3.05, 3.63) is 40.7 Å². The lowest BCUT2D eigenvalue weighted by atomic mass is 10.2. The minimum atomic E-state index is 0.0957. The highest BCUT2D eigenvalue weighted by atomic mass is 35.5. The molecule has 0 radical (unpaired) electrons. The predicted octanol–water partition coefficient (Wildman–Crippen LogP) is 3.69. The summed E-state index contributed by atoms with van der Waals surface area (Å²) >= 11 is 11.6. The lowest BCUT2D eigenvalue weighted by Crippen LogP contribution is -2.39. The average Bonchev–Trinajstić information content (AvgIpc) is 3.19. The summed E-state index contributed by atoms with van der Waals surface area (Å²) in [5, 5.41) is 10.2. The molecule has 1 unspecified atom stereocenters. The molecule has 1 fully saturated rings. The van der Waals surface area contributed by atoms with Gasteiger partial charge >= 0.3 is 0 Å². The van der Waals surface area contributed by atoms with Crippen LogP contribution in [0.1, 0.15) is 24.2 Å². The molecule has 1 aliphatic rings. The minimum Gasteiger partial charge on any atom is -0.495 e. The van der Waals surface area contributed by atoms with Crippen LogP contribution in [0.25, 0.3) is 0 Å². The largest absolute Gasteiger partial charge is 0.495 e. The summed E-state index contributed by atoms with van der Waals surface area (Å²) < 4.78 is 11.0. The van der Waals surface area contributed by atoms with Crippen molar-refractivity contribution in [1.82, 2.24) is 15.3 Å². The van der Waals surface area contributed by atoms with Crippen molar-refractivity contribution in [3.63, 3.8) is 0 Å². The summed E-state index contributed by atoms with van der Waals surface area (Å²) in [5.74, 6) is 1.48. The van der Waals surface area contributed by atoms with Gasteiger partial charge in [0.1, 0.15) is 5.75 Å². The fourth-order valence-electron chi connectivity index (χ4n) is 3.02. The van der Waals surface area contributed by atoms with E-state index in [9.17, 15) is 0 Å². The molecule has 1 atom stereocenters. The van der Waals surface area contributed by atoms with Crippen LogP contribution in [0.3, 0.4) is 0 Å². The number of anilines is 2. The van der Waals surface area contributed by atoms with Crippen LogP contribution in [0.15, 0.2) is 29.3 Å². The number of nitrogens with one attached hydrogen (secondary N) is 3. The summed E-state index contributed by atoms with van der Waals surface area (Å²) in [4.78, 5) is 13.4. The number of aryl methyl sites for hydroxylation is 2. The molecule has 1 aromatic carbocycles. The molecular formula is C20H25ClN6O2S. The summed E-state index contributed by atoms with van der Waals surface area (Å²) in [6.45, 7) is 5.09. The summed E-state index contributed by atoms with van der Waals surface area (Å²) in [7, 11) is 1.58. The first-order chi connectivity index (χ1) is 14.4. The molecule has 0 spiro atoms. The molecule has 0 amide bonds. The Bertz CT molecular complexity index is 913. The summed E-state index contributed by atoms with van der Waals surface area (Å²) in [6.07, 6.45) is 2.13. The van der Waals surface area contributed by atoms with Gasteiger partial charge in [0.15, 0.2) is 5.11 Å². The van der Waals surface area contributed by atoms with Gasteiger partial charge in [-0.1, -0.05) is 11.6 Å². The topological polar surface area (TPSA) is 92.7 Å². The molecule has 8 nitrogen and oxygen atoms in total. The van der Waals surface area contributed by atoms with Crippen molar-refractivity contribution in [1.29, 1.82) is 0 Å². The normalized spacial score (nSPS) is 16.3. The molecule has 0 bridgehead atoms. The van der Waals surface area contributed by atoms with Crippen molar-refractivity contribution in [3.8, 4) is 5.75 Å². The standard InChI is InChI=1S/C20H25ClN6O2S/c1-12-9-13(2)24-19(23-12)26-18(22-11-15-5-4-8-29-15)27-20(30)25-16-10-14(21)6-7-17(16)28-3/h6-7,9-10,15H,4-5,8,11H2,1-3H3,(H3,22,23,24,25,26,27,30). The van der Waals surface area contributed by atoms with Crippen molar-refractivity contribution in [2.45, 2.75) is 32.8 Å². The highest BCUT2D eigenvalue weighted by molar-refractivity contribution is 7.80. The van der Waals surface area contributed by atoms with Gasteiger partial charge in [0, 0.05) is 23.0 Å². The van der Waals surface area contributed by atoms with Crippen molar-refractivity contribution in [2.24, 2.45) is 4.99 Å². The molecular weight excluding hydrogens is 424 g/mol. The third-order valence-corrected chi connectivity index (χ3v) is 4.77. The molecule has 160 valence electrons. The smallest absolute Gasteiger partial charge is 0.229 e. The van der Waals surface area contributed by atoms with Crippen LogP contribution in [-0.2, 0) is 4.74 Å². The number of guanidine groups is 1. The molecule has 1 aromatic heterocycles. The molecule has 1 aliphatic heterocycles. The van der Waals surface area contributed by atoms with Gasteiger partial charge < -0.3 is 20.1 Å². The van der Waals surface area contributed by atoms with E-state index in [2.05, 4.69) is 30.9 Å². The molecule has 2 aromatic rings. The highest BCUT2D eigenvalue weighted by Crippen LogP contribution is 2.27. The van der Waals surface area contributed by atoms with E-state index in [-0.39, 0.29) is 6.10 Å². The first-order valence-corrected chi connectivity index (χ1v) is 10.4. The molecule has 3 rings (SSSR count). The number of aliphatic imine (C=N–C) groups is 1. The zero-order valence-electron chi connectivity index (χ0n) is 17.2. The van der Waals surface area contributed by atoms with Crippen molar-refractivity contribution < 1.29 is 9.47 Å². The molecule has 0 saturated carbocycles. The molecule has 10 heteroatoms. The van der Waals surface area contributed by atoms with Crippen LogP contribution in [0.5, 0.6) is 5.75 Å². The Morgan fingerprint density at radius 3 is 2.70 bits per heavy atom. The number of aromatic nitrogens is 2. The second kappa shape index (κ2) is 10.5. The SMILES string of the molecule is COc1ccc(Cl)cc1NC(=S)NC(=NCC1CCCO1)Nc1nc(C)cc(C)n1. The number of thiocarbonyl (C=S) groups is 1. The van der Waals surface area contributed by atoms with Gasteiger partial charge in [-0.25, -0.2) is 15.0 Å². The van der Waals surface area contributed by atoms with Crippen molar-refractivity contribution >= 4 is 46.5 Å². The number of halogens is 1. The van der Waals surface area contributed by atoms with Crippen LogP contribution >= 0.6 is 23.8 Å². The number of hydrogen-bond acceptors (Lipinski definition) is 6. The van der Waals surface area contributed by atoms with Crippen LogP contribution in [0.2, 0.25) is 5.02 Å². The van der Waals surface area contributed by atoms with E-state index in [0.717, 1.165) is 30.8 Å². The number of nitrogens with zero attached hydrogens (tertiary/aromatic N) is 3. The third-order valence-electron chi connectivity index (χ3n) is 4.33. The third kappa shape index (κ3) is 6.51. The lowest BCUT2D eigenvalue weighted by Gasteiger charge is -2.16. The zero-order valence-corrected chi connectivity index (χ0v) is 18.7. The van der Waals surface area contributed by atoms with E-state index in [1.54, 1.807) is 25.3 Å². The number of benzene rings is 1. The Balaban J connectivity index is 1.74. The van der Waals surface area contributed by atoms with Crippen LogP contribution < -0.4 is 20.7 Å². The van der Waals surface area contributed by atoms with Gasteiger partial charge in [0.2, 0.25) is 11.9 Å². The second-order valence-electron chi connectivity index (χ2n) is 6.85. The van der Waals surface area contributed by atoms with Gasteiger partial charge in [-0.3, -0.25) is 5.32 Å². The maximum Gasteiger partial charge on any atom is 0.229 e. The predicted molar refractivity (Wildman–Crippen MR) is 124 cm³/mol. The number of ether oxygens (including phenoxy) is 2. The Hall–Kier alpha value is -2.49. The first-order valence-electron chi connectivity index (χ1n) is 9.60. The second-order valence-corrected chi connectivity index (χ2v) is 7.69. The molecule has 3 N–H and O–H groups in total. The van der Waals surface area contributed by atoms with Gasteiger partial charge in [0.25, 0.3) is 0 Å². The fourth-order valence-corrected chi connectivity index (χ4v) is 3.40. The Morgan fingerprint density at radius 2 is 2.03 bits per heavy atom. The van der Waals surface area contributed by atoms with E-state index in [0.29, 0.717) is 40.0 Å². The van der Waals surface area contributed by atoms with Crippen LogP contribution in [0, 0.1) is 13.8 Å². The van der Waals surface area contributed by atoms with Crippen LogP contribution in [0.4, 0.5) is 11.6 Å². The lowest BCUT2D eigenvalue weighted by molar-refractivity contribution is 0.118. The minimum absolute atomic E-state index is 0.0957. The molecule has 1 saturated heterocycles. The summed E-state index contributed by atoms with van der Waals surface area (Å²) in [5.41, 5.74) is 2.35. The maximum absolute atomic E-state index is 6.10. The molecule has 30 heavy (non-hydrogen) atoms. The Morgan fingerprint density at radius 1 is 1.27 bits per heavy atom. The molecule has 0 aliphatic carbocycles. The Labute approximate surface area is 186 Å². The van der Waals surface area contributed by atoms with Gasteiger partial charge in [-0.15, -0.1) is 0 Å². The van der Waals surface area contributed by atoms with Gasteiger partial charge in [0.05, 0.1) is 25.4 Å². The quantitative estimate of drug-likeness (QED) is 0.362.